The molecule has 0 spiro atoms. The molecular formula is C12H14FN3O3. The van der Waals surface area contributed by atoms with Crippen LogP contribution in [0.3, 0.4) is 0 Å². The summed E-state index contributed by atoms with van der Waals surface area (Å²) >= 11 is 0. The maximum atomic E-state index is 13.8. The summed E-state index contributed by atoms with van der Waals surface area (Å²) in [5, 5.41) is 9.06. The van der Waals surface area contributed by atoms with E-state index < -0.39 is 11.9 Å². The van der Waals surface area contributed by atoms with Gasteiger partial charge in [0.05, 0.1) is 5.69 Å². The summed E-state index contributed by atoms with van der Waals surface area (Å²) in [6.45, 7) is 0.365. The Morgan fingerprint density at radius 2 is 2.21 bits per heavy atom. The first-order valence-corrected chi connectivity index (χ1v) is 5.85. The van der Waals surface area contributed by atoms with Crippen LogP contribution in [-0.2, 0) is 4.79 Å². The molecule has 2 rings (SSSR count). The van der Waals surface area contributed by atoms with E-state index in [1.807, 2.05) is 0 Å². The summed E-state index contributed by atoms with van der Waals surface area (Å²) in [7, 11) is 0. The van der Waals surface area contributed by atoms with E-state index in [0.717, 1.165) is 4.90 Å². The summed E-state index contributed by atoms with van der Waals surface area (Å²) < 4.78 is 13.8. The molecule has 2 amide bonds. The van der Waals surface area contributed by atoms with Gasteiger partial charge in [-0.25, -0.2) is 9.18 Å². The van der Waals surface area contributed by atoms with Crippen molar-refractivity contribution in [2.75, 3.05) is 29.4 Å². The number of anilines is 2. The number of nitrogens with zero attached hydrogens (tertiary/aromatic N) is 2. The summed E-state index contributed by atoms with van der Waals surface area (Å²) in [4.78, 5) is 25.2. The molecule has 7 heteroatoms. The van der Waals surface area contributed by atoms with Gasteiger partial charge < -0.3 is 15.7 Å². The predicted octanol–water partition coefficient (Wildman–Crippen LogP) is 1.01. The standard InChI is InChI=1S/C12H14FN3O3/c13-8-3-1-4-9-11(8)16(12(18)19)7-10(17)15(9)6-2-5-14/h1,3-4H,2,5-7,14H2,(H,18,19). The van der Waals surface area contributed by atoms with E-state index in [1.54, 1.807) is 0 Å². The molecule has 0 radical (unpaired) electrons. The van der Waals surface area contributed by atoms with Crippen LogP contribution < -0.4 is 15.5 Å². The number of hydrogen-bond acceptors (Lipinski definition) is 3. The molecule has 102 valence electrons. The minimum atomic E-state index is -1.35. The second kappa shape index (κ2) is 5.23. The Kier molecular flexibility index (Phi) is 3.66. The fourth-order valence-corrected chi connectivity index (χ4v) is 2.08. The molecule has 19 heavy (non-hydrogen) atoms. The number of benzene rings is 1. The summed E-state index contributed by atoms with van der Waals surface area (Å²) in [6.07, 6.45) is -0.785. The van der Waals surface area contributed by atoms with Crippen molar-refractivity contribution in [3.05, 3.63) is 24.0 Å². The van der Waals surface area contributed by atoms with E-state index >= 15 is 0 Å². The van der Waals surface area contributed by atoms with Gasteiger partial charge in [-0.1, -0.05) is 6.07 Å². The number of rotatable bonds is 3. The van der Waals surface area contributed by atoms with Crippen LogP contribution >= 0.6 is 0 Å². The summed E-state index contributed by atoms with van der Waals surface area (Å²) in [6, 6.07) is 4.15. The molecule has 1 aromatic rings. The maximum absolute atomic E-state index is 13.8. The third-order valence-electron chi connectivity index (χ3n) is 2.94. The molecule has 1 aromatic carbocycles. The van der Waals surface area contributed by atoms with Gasteiger partial charge in [0, 0.05) is 6.54 Å². The van der Waals surface area contributed by atoms with E-state index in [0.29, 0.717) is 19.5 Å². The number of halogens is 1. The van der Waals surface area contributed by atoms with Crippen molar-refractivity contribution in [2.24, 2.45) is 5.73 Å². The Morgan fingerprint density at radius 1 is 1.47 bits per heavy atom. The Balaban J connectivity index is 2.47. The van der Waals surface area contributed by atoms with Crippen molar-refractivity contribution < 1.29 is 19.1 Å². The van der Waals surface area contributed by atoms with Crippen LogP contribution in [0.4, 0.5) is 20.6 Å². The molecule has 0 saturated carbocycles. The van der Waals surface area contributed by atoms with Gasteiger partial charge in [-0.15, -0.1) is 0 Å². The van der Waals surface area contributed by atoms with E-state index in [9.17, 15) is 14.0 Å². The molecule has 1 aliphatic rings. The average molecular weight is 267 g/mol. The van der Waals surface area contributed by atoms with E-state index in [1.165, 1.54) is 23.1 Å². The third kappa shape index (κ3) is 2.37. The normalized spacial score (nSPS) is 14.5. The Hall–Kier alpha value is -2.15. The van der Waals surface area contributed by atoms with Gasteiger partial charge in [0.15, 0.2) is 0 Å². The zero-order valence-electron chi connectivity index (χ0n) is 10.2. The second-order valence-corrected chi connectivity index (χ2v) is 4.16. The van der Waals surface area contributed by atoms with Gasteiger partial charge in [0.1, 0.15) is 18.0 Å². The lowest BCUT2D eigenvalue weighted by molar-refractivity contribution is -0.117. The number of carbonyl (C=O) groups is 2. The lowest BCUT2D eigenvalue weighted by Gasteiger charge is -2.34. The molecule has 0 atom stereocenters. The van der Waals surface area contributed by atoms with Gasteiger partial charge >= 0.3 is 6.09 Å². The van der Waals surface area contributed by atoms with Crippen LogP contribution in [0.25, 0.3) is 0 Å². The fraction of sp³-hybridized carbons (Fsp3) is 0.333. The van der Waals surface area contributed by atoms with Gasteiger partial charge in [-0.05, 0) is 25.1 Å². The van der Waals surface area contributed by atoms with Crippen molar-refractivity contribution in [2.45, 2.75) is 6.42 Å². The topological polar surface area (TPSA) is 86.9 Å². The zero-order valence-corrected chi connectivity index (χ0v) is 10.2. The highest BCUT2D eigenvalue weighted by Gasteiger charge is 2.34. The number of para-hydroxylation sites is 1. The molecule has 0 unspecified atom stereocenters. The van der Waals surface area contributed by atoms with Gasteiger partial charge in [0.25, 0.3) is 0 Å². The number of carboxylic acid groups (broad SMARTS) is 1. The molecule has 0 fully saturated rings. The fourth-order valence-electron chi connectivity index (χ4n) is 2.08. The Morgan fingerprint density at radius 3 is 2.84 bits per heavy atom. The molecule has 1 aliphatic heterocycles. The lowest BCUT2D eigenvalue weighted by Crippen LogP contribution is -2.48. The van der Waals surface area contributed by atoms with Crippen LogP contribution in [0.5, 0.6) is 0 Å². The molecule has 0 aromatic heterocycles. The maximum Gasteiger partial charge on any atom is 0.412 e. The van der Waals surface area contributed by atoms with Crippen molar-refractivity contribution in [1.29, 1.82) is 0 Å². The summed E-state index contributed by atoms with van der Waals surface area (Å²) in [5.74, 6) is -1.04. The molecule has 3 N–H and O–H groups in total. The second-order valence-electron chi connectivity index (χ2n) is 4.16. The minimum Gasteiger partial charge on any atom is -0.465 e. The van der Waals surface area contributed by atoms with Crippen LogP contribution in [0, 0.1) is 5.82 Å². The first kappa shape index (κ1) is 13.3. The number of carbonyl (C=O) groups excluding carboxylic acids is 1. The van der Waals surface area contributed by atoms with Crippen LogP contribution in [0.15, 0.2) is 18.2 Å². The number of nitrogens with two attached hydrogens (primary N) is 1. The van der Waals surface area contributed by atoms with Crippen molar-refractivity contribution in [1.82, 2.24) is 0 Å². The molecule has 1 heterocycles. The van der Waals surface area contributed by atoms with Gasteiger partial charge in [-0.3, -0.25) is 9.69 Å². The lowest BCUT2D eigenvalue weighted by atomic mass is 10.1. The van der Waals surface area contributed by atoms with Gasteiger partial charge in [-0.2, -0.15) is 0 Å². The summed E-state index contributed by atoms with van der Waals surface area (Å²) in [5.41, 5.74) is 5.59. The highest BCUT2D eigenvalue weighted by molar-refractivity contribution is 6.09. The first-order valence-electron chi connectivity index (χ1n) is 5.85. The van der Waals surface area contributed by atoms with E-state index in [4.69, 9.17) is 10.8 Å². The average Bonchev–Trinajstić information content (AvgIpc) is 2.37. The molecule has 6 nitrogen and oxygen atoms in total. The van der Waals surface area contributed by atoms with Gasteiger partial charge in [0.2, 0.25) is 5.91 Å². The predicted molar refractivity (Wildman–Crippen MR) is 67.8 cm³/mol. The van der Waals surface area contributed by atoms with Crippen molar-refractivity contribution in [3.63, 3.8) is 0 Å². The van der Waals surface area contributed by atoms with Crippen molar-refractivity contribution >= 4 is 23.4 Å². The Labute approximate surface area is 109 Å². The number of hydrogen-bond donors (Lipinski definition) is 2. The smallest absolute Gasteiger partial charge is 0.412 e. The number of fused-ring (bicyclic) bond motifs is 1. The SMILES string of the molecule is NCCCN1C(=O)CN(C(=O)O)c2c(F)cccc21. The van der Waals surface area contributed by atoms with Crippen LogP contribution in [0.1, 0.15) is 6.42 Å². The van der Waals surface area contributed by atoms with Crippen molar-refractivity contribution in [3.8, 4) is 0 Å². The quantitative estimate of drug-likeness (QED) is 0.855. The largest absolute Gasteiger partial charge is 0.465 e. The highest BCUT2D eigenvalue weighted by Crippen LogP contribution is 2.35. The molecule has 0 bridgehead atoms. The minimum absolute atomic E-state index is 0.0772. The monoisotopic (exact) mass is 267 g/mol. The zero-order chi connectivity index (χ0) is 14.0. The van der Waals surface area contributed by atoms with Crippen LogP contribution in [-0.4, -0.2) is 36.7 Å². The number of amides is 2. The Bertz CT molecular complexity index is 521. The van der Waals surface area contributed by atoms with E-state index in [2.05, 4.69) is 0 Å². The van der Waals surface area contributed by atoms with E-state index in [-0.39, 0.29) is 23.8 Å². The highest BCUT2D eigenvalue weighted by atomic mass is 19.1. The molecule has 0 aliphatic carbocycles. The first-order chi connectivity index (χ1) is 9.06. The molecule has 0 saturated heterocycles. The third-order valence-corrected chi connectivity index (χ3v) is 2.94. The van der Waals surface area contributed by atoms with Crippen LogP contribution in [0.2, 0.25) is 0 Å². The molecular weight excluding hydrogens is 253 g/mol.